The summed E-state index contributed by atoms with van der Waals surface area (Å²) >= 11 is 0. The molecule has 1 rings (SSSR count). The van der Waals surface area contributed by atoms with E-state index in [1.807, 2.05) is 12.2 Å². The van der Waals surface area contributed by atoms with Crippen molar-refractivity contribution in [1.29, 1.82) is 0 Å². The van der Waals surface area contributed by atoms with E-state index in [9.17, 15) is 37.9 Å². The summed E-state index contributed by atoms with van der Waals surface area (Å²) in [6.45, 7) is 3.69. The molecule has 0 aromatic rings. The van der Waals surface area contributed by atoms with Crippen LogP contribution < -0.4 is 0 Å². The second-order valence-electron chi connectivity index (χ2n) is 17.8. The number of rotatable bonds is 43. The first-order chi connectivity index (χ1) is 32.0. The zero-order valence-corrected chi connectivity index (χ0v) is 41.9. The molecule has 0 saturated carbocycles. The Labute approximate surface area is 400 Å². The summed E-state index contributed by atoms with van der Waals surface area (Å²) in [5.41, 5.74) is 0. The topological polar surface area (TPSA) is 186 Å². The summed E-state index contributed by atoms with van der Waals surface area (Å²) in [5, 5.41) is 31.0. The van der Waals surface area contributed by atoms with Crippen LogP contribution in [-0.4, -0.2) is 96.0 Å². The van der Waals surface area contributed by atoms with Gasteiger partial charge in [0.05, 0.1) is 6.61 Å². The van der Waals surface area contributed by atoms with Gasteiger partial charge in [-0.25, -0.2) is 0 Å². The number of ether oxygens (including phenoxy) is 4. The molecular weight excluding hydrogens is 861 g/mol. The van der Waals surface area contributed by atoms with Gasteiger partial charge in [0.2, 0.25) is 0 Å². The molecule has 0 aliphatic carbocycles. The molecule has 0 aromatic carbocycles. The van der Waals surface area contributed by atoms with E-state index < -0.39 is 71.2 Å². The van der Waals surface area contributed by atoms with Crippen molar-refractivity contribution in [2.24, 2.45) is 0 Å². The minimum atomic E-state index is -4.61. The lowest BCUT2D eigenvalue weighted by Gasteiger charge is -2.40. The van der Waals surface area contributed by atoms with Gasteiger partial charge >= 0.3 is 11.9 Å². The van der Waals surface area contributed by atoms with Gasteiger partial charge in [0.1, 0.15) is 36.8 Å². The van der Waals surface area contributed by atoms with Gasteiger partial charge in [-0.3, -0.25) is 14.1 Å². The molecular formula is C53H92O12S. The van der Waals surface area contributed by atoms with Crippen LogP contribution in [0.25, 0.3) is 0 Å². The van der Waals surface area contributed by atoms with Crippen molar-refractivity contribution in [3.05, 3.63) is 60.8 Å². The average molecular weight is 953 g/mol. The lowest BCUT2D eigenvalue weighted by atomic mass is 10.00. The van der Waals surface area contributed by atoms with Gasteiger partial charge in [-0.2, -0.15) is 8.42 Å². The van der Waals surface area contributed by atoms with E-state index in [0.717, 1.165) is 51.4 Å². The lowest BCUT2D eigenvalue weighted by molar-refractivity contribution is -0.297. The van der Waals surface area contributed by atoms with Gasteiger partial charge in [0.15, 0.2) is 12.4 Å². The maximum Gasteiger partial charge on any atom is 0.306 e. The Bertz CT molecular complexity index is 1440. The van der Waals surface area contributed by atoms with Gasteiger partial charge in [0, 0.05) is 12.8 Å². The molecule has 13 heteroatoms. The minimum absolute atomic E-state index is 0.0951. The summed E-state index contributed by atoms with van der Waals surface area (Å²) in [4.78, 5) is 25.5. The molecule has 1 heterocycles. The largest absolute Gasteiger partial charge is 0.462 e. The van der Waals surface area contributed by atoms with Crippen LogP contribution in [0.4, 0.5) is 0 Å². The molecule has 2 unspecified atom stereocenters. The van der Waals surface area contributed by atoms with Gasteiger partial charge in [-0.1, -0.05) is 203 Å². The Kier molecular flexibility index (Phi) is 39.5. The highest BCUT2D eigenvalue weighted by Gasteiger charge is 2.46. The van der Waals surface area contributed by atoms with E-state index in [0.29, 0.717) is 12.8 Å². The standard InChI is InChI=1S/C53H92O12S/c1-3-5-7-9-11-13-15-17-19-21-23-25-27-29-31-33-35-37-39-41-48(54)62-43-46(44-63-53-52(58)51(57)50(56)47(65-53)45-66(59,60)61)64-49(55)42-40-38-36-34-32-30-28-26-24-22-20-18-16-14-12-10-8-6-4-2/h11,13,17,19,23,25,29,31,35,37,46-47,50-53,56-58H,3-10,12,14-16,18,20-22,24,26-28,30,32-34,36,38-45H2,1-2H3,(H,59,60,61)/b13-11+,19-17+,25-23+,31-29+,37-35+/t46-,47-,50-,51?,52?,53+/m1/s1. The molecule has 0 amide bonds. The van der Waals surface area contributed by atoms with E-state index in [1.54, 1.807) is 0 Å². The summed E-state index contributed by atoms with van der Waals surface area (Å²) in [6.07, 6.45) is 44.1. The number of esters is 2. The Morgan fingerprint density at radius 2 is 0.939 bits per heavy atom. The number of hydrogen-bond donors (Lipinski definition) is 4. The average Bonchev–Trinajstić information content (AvgIpc) is 3.28. The summed E-state index contributed by atoms with van der Waals surface area (Å²) in [6, 6.07) is 0. The van der Waals surface area contributed by atoms with Crippen molar-refractivity contribution in [2.75, 3.05) is 19.0 Å². The third-order valence-electron chi connectivity index (χ3n) is 11.6. The minimum Gasteiger partial charge on any atom is -0.462 e. The number of carbonyl (C=O) groups is 2. The van der Waals surface area contributed by atoms with Crippen molar-refractivity contribution in [1.82, 2.24) is 0 Å². The molecule has 0 aromatic heterocycles. The molecule has 66 heavy (non-hydrogen) atoms. The van der Waals surface area contributed by atoms with E-state index in [-0.39, 0.29) is 19.4 Å². The van der Waals surface area contributed by atoms with Crippen LogP contribution in [-0.2, 0) is 38.7 Å². The lowest BCUT2D eigenvalue weighted by Crippen LogP contribution is -2.60. The number of unbranched alkanes of at least 4 members (excludes halogenated alkanes) is 21. The smallest absolute Gasteiger partial charge is 0.306 e. The third-order valence-corrected chi connectivity index (χ3v) is 12.4. The summed E-state index contributed by atoms with van der Waals surface area (Å²) < 4.78 is 54.2. The number of carbonyl (C=O) groups excluding carboxylic acids is 2. The van der Waals surface area contributed by atoms with Crippen molar-refractivity contribution in [3.63, 3.8) is 0 Å². The predicted molar refractivity (Wildman–Crippen MR) is 265 cm³/mol. The third kappa shape index (κ3) is 36.4. The molecule has 0 spiro atoms. The highest BCUT2D eigenvalue weighted by molar-refractivity contribution is 7.85. The quantitative estimate of drug-likeness (QED) is 0.0196. The fourth-order valence-corrected chi connectivity index (χ4v) is 8.29. The Hall–Kier alpha value is -2.65. The summed E-state index contributed by atoms with van der Waals surface area (Å²) in [5.74, 6) is -2.08. The number of aliphatic hydroxyl groups is 3. The number of allylic oxidation sites excluding steroid dienone is 10. The highest BCUT2D eigenvalue weighted by Crippen LogP contribution is 2.24. The summed E-state index contributed by atoms with van der Waals surface area (Å²) in [7, 11) is -4.61. The van der Waals surface area contributed by atoms with E-state index in [1.165, 1.54) is 116 Å². The van der Waals surface area contributed by atoms with Gasteiger partial charge in [0.25, 0.3) is 10.1 Å². The molecule has 1 fully saturated rings. The fourth-order valence-electron chi connectivity index (χ4n) is 7.60. The van der Waals surface area contributed by atoms with Crippen LogP contribution in [0.15, 0.2) is 60.8 Å². The van der Waals surface area contributed by atoms with Gasteiger partial charge < -0.3 is 34.3 Å². The molecule has 12 nitrogen and oxygen atoms in total. The first-order valence-electron chi connectivity index (χ1n) is 25.8. The molecule has 1 aliphatic heterocycles. The molecule has 0 bridgehead atoms. The SMILES string of the molecule is CCCCC/C=C/C/C=C/C/C=C/C/C=C/C/C=C/CCC(=O)OC[C@H](CO[C@H]1O[C@H](CS(=O)(=O)O)[C@@H](O)C(O)C1O)OC(=O)CCCCCCCCCCCCCCCCCCCCC. The van der Waals surface area contributed by atoms with Crippen LogP contribution in [0, 0.1) is 0 Å². The van der Waals surface area contributed by atoms with Gasteiger partial charge in [-0.15, -0.1) is 0 Å². The predicted octanol–water partition coefficient (Wildman–Crippen LogP) is 11.7. The maximum absolute atomic E-state index is 12.9. The Morgan fingerprint density at radius 1 is 0.515 bits per heavy atom. The maximum atomic E-state index is 12.9. The van der Waals surface area contributed by atoms with Crippen molar-refractivity contribution >= 4 is 22.1 Å². The molecule has 6 atom stereocenters. The zero-order valence-electron chi connectivity index (χ0n) is 41.0. The van der Waals surface area contributed by atoms with Crippen molar-refractivity contribution in [2.45, 2.75) is 243 Å². The van der Waals surface area contributed by atoms with E-state index in [4.69, 9.17) is 18.9 Å². The number of hydrogen-bond acceptors (Lipinski definition) is 11. The van der Waals surface area contributed by atoms with Crippen molar-refractivity contribution in [3.8, 4) is 0 Å². The van der Waals surface area contributed by atoms with Crippen LogP contribution in [0.1, 0.15) is 206 Å². The first-order valence-corrected chi connectivity index (χ1v) is 27.5. The Morgan fingerprint density at radius 3 is 1.41 bits per heavy atom. The normalized spacial score (nSPS) is 19.9. The Balaban J connectivity index is 2.43. The molecule has 0 radical (unpaired) electrons. The van der Waals surface area contributed by atoms with Crippen LogP contribution in [0.5, 0.6) is 0 Å². The first kappa shape index (κ1) is 61.4. The van der Waals surface area contributed by atoms with Gasteiger partial charge in [-0.05, 0) is 51.4 Å². The number of aliphatic hydroxyl groups excluding tert-OH is 3. The van der Waals surface area contributed by atoms with Crippen molar-refractivity contribution < 1.29 is 56.8 Å². The van der Waals surface area contributed by atoms with E-state index in [2.05, 4.69) is 62.5 Å². The van der Waals surface area contributed by atoms with E-state index >= 15 is 0 Å². The molecule has 382 valence electrons. The molecule has 4 N–H and O–H groups in total. The second-order valence-corrected chi connectivity index (χ2v) is 19.3. The van der Waals surface area contributed by atoms with Crippen LogP contribution >= 0.6 is 0 Å². The second kappa shape index (κ2) is 42.5. The van der Waals surface area contributed by atoms with Crippen LogP contribution in [0.2, 0.25) is 0 Å². The van der Waals surface area contributed by atoms with Crippen LogP contribution in [0.3, 0.4) is 0 Å². The molecule has 1 aliphatic rings. The monoisotopic (exact) mass is 953 g/mol. The fraction of sp³-hybridized carbons (Fsp3) is 0.774. The zero-order chi connectivity index (χ0) is 48.4. The highest BCUT2D eigenvalue weighted by atomic mass is 32.2. The molecule has 1 saturated heterocycles.